The Morgan fingerprint density at radius 3 is 2.29 bits per heavy atom. The van der Waals surface area contributed by atoms with Crippen LogP contribution in [0.25, 0.3) is 5.70 Å². The van der Waals surface area contributed by atoms with Gasteiger partial charge in [0.05, 0.1) is 17.9 Å². The molecule has 0 aromatic heterocycles. The topological polar surface area (TPSA) is 92.3 Å². The molecule has 2 amide bonds. The van der Waals surface area contributed by atoms with Gasteiger partial charge in [-0.05, 0) is 68.4 Å². The van der Waals surface area contributed by atoms with Crippen LogP contribution in [0.4, 0.5) is 21.5 Å². The number of ether oxygens (including phenoxy) is 2. The fraction of sp³-hybridized carbons (Fsp3) is 0.469. The van der Waals surface area contributed by atoms with Crippen LogP contribution in [0, 0.1) is 11.2 Å². The minimum Gasteiger partial charge on any atom is -0.491 e. The normalized spacial score (nSPS) is 15.4. The number of aliphatic imine (C=N–C) groups is 1. The Hall–Kier alpha value is -3.72. The molecule has 2 aromatic rings. The molecule has 0 unspecified atom stereocenters. The molecule has 3 rings (SSSR count). The Morgan fingerprint density at radius 1 is 1.07 bits per heavy atom. The lowest BCUT2D eigenvalue weighted by Crippen LogP contribution is -2.42. The first-order chi connectivity index (χ1) is 19.6. The summed E-state index contributed by atoms with van der Waals surface area (Å²) in [6, 6.07) is 10.2. The molecule has 0 bridgehead atoms. The van der Waals surface area contributed by atoms with Gasteiger partial charge in [-0.1, -0.05) is 20.8 Å². The fourth-order valence-electron chi connectivity index (χ4n) is 4.54. The largest absolute Gasteiger partial charge is 0.491 e. The molecule has 8 nitrogen and oxygen atoms in total. The molecule has 222 valence electrons. The molecule has 1 saturated heterocycles. The molecule has 0 spiro atoms. The molecule has 0 aliphatic carbocycles. The summed E-state index contributed by atoms with van der Waals surface area (Å²) in [5, 5.41) is 6.16. The zero-order chi connectivity index (χ0) is 30.0. The lowest BCUT2D eigenvalue weighted by atomic mass is 9.82. The van der Waals surface area contributed by atoms with E-state index in [1.165, 1.54) is 6.07 Å². The first-order valence-electron chi connectivity index (χ1n) is 14.2. The van der Waals surface area contributed by atoms with Crippen molar-refractivity contribution >= 4 is 40.8 Å². The number of halogens is 1. The Bertz CT molecular complexity index is 1260. The van der Waals surface area contributed by atoms with Crippen molar-refractivity contribution in [1.82, 2.24) is 4.90 Å². The average molecular weight is 567 g/mol. The van der Waals surface area contributed by atoms with Crippen LogP contribution >= 0.6 is 0 Å². The third kappa shape index (κ3) is 9.14. The van der Waals surface area contributed by atoms with E-state index in [0.29, 0.717) is 66.8 Å². The highest BCUT2D eigenvalue weighted by molar-refractivity contribution is 6.03. The van der Waals surface area contributed by atoms with Gasteiger partial charge < -0.3 is 25.0 Å². The van der Waals surface area contributed by atoms with Gasteiger partial charge in [0, 0.05) is 55.6 Å². The summed E-state index contributed by atoms with van der Waals surface area (Å²) in [6.45, 7) is 12.2. The standard InChI is InChI=1S/C32H43FN4O4/c1-7-22(3)31(30-26(33)19-25(41-18-17-40-6)20-27(30)34-8-2)36-24-11-9-23(10-12-24)35-28(38)21-29(39)37-15-13-32(4,5)14-16-37/h8-12,19-20,36H,7,13-18,21H2,1-6H3,(H,35,38). The van der Waals surface area contributed by atoms with Crippen LogP contribution in [0.15, 0.2) is 47.0 Å². The van der Waals surface area contributed by atoms with Crippen LogP contribution in [-0.2, 0) is 14.3 Å². The van der Waals surface area contributed by atoms with Crippen molar-refractivity contribution in [2.75, 3.05) is 44.0 Å². The van der Waals surface area contributed by atoms with Crippen molar-refractivity contribution in [3.63, 3.8) is 0 Å². The smallest absolute Gasteiger partial charge is 0.233 e. The number of hydrogen-bond donors (Lipinski definition) is 2. The predicted octanol–water partition coefficient (Wildman–Crippen LogP) is 6.80. The monoisotopic (exact) mass is 566 g/mol. The van der Waals surface area contributed by atoms with Crippen LogP contribution < -0.4 is 15.4 Å². The maximum atomic E-state index is 15.5. The summed E-state index contributed by atoms with van der Waals surface area (Å²) in [6.07, 6.45) is 3.99. The third-order valence-electron chi connectivity index (χ3n) is 7.29. The minimum atomic E-state index is -0.457. The Labute approximate surface area is 243 Å². The van der Waals surface area contributed by atoms with Crippen LogP contribution in [0.1, 0.15) is 65.9 Å². The Morgan fingerprint density at radius 2 is 1.71 bits per heavy atom. The van der Waals surface area contributed by atoms with Crippen molar-refractivity contribution < 1.29 is 23.5 Å². The number of hydrogen-bond acceptors (Lipinski definition) is 6. The van der Waals surface area contributed by atoms with E-state index in [9.17, 15) is 9.59 Å². The number of amides is 2. The summed E-state index contributed by atoms with van der Waals surface area (Å²) in [7, 11) is 1.58. The van der Waals surface area contributed by atoms with Crippen LogP contribution in [0.5, 0.6) is 5.75 Å². The lowest BCUT2D eigenvalue weighted by Gasteiger charge is -2.36. The van der Waals surface area contributed by atoms with Gasteiger partial charge in [0.1, 0.15) is 24.6 Å². The molecule has 1 heterocycles. The molecule has 1 fully saturated rings. The van der Waals surface area contributed by atoms with Gasteiger partial charge in [0.25, 0.3) is 0 Å². The molecule has 41 heavy (non-hydrogen) atoms. The zero-order valence-corrected chi connectivity index (χ0v) is 25.1. The van der Waals surface area contributed by atoms with Gasteiger partial charge in [-0.25, -0.2) is 4.39 Å². The summed E-state index contributed by atoms with van der Waals surface area (Å²) in [5.41, 5.74) is 3.87. The molecule has 2 N–H and O–H groups in total. The summed E-state index contributed by atoms with van der Waals surface area (Å²) in [5.74, 6) is -0.578. The Kier molecular flexibility index (Phi) is 11.5. The number of likely N-dealkylation sites (tertiary alicyclic amines) is 1. The second-order valence-electron chi connectivity index (χ2n) is 11.0. The average Bonchev–Trinajstić information content (AvgIpc) is 2.93. The molecule has 1 aliphatic rings. The molecular formula is C32H43FN4O4. The van der Waals surface area contributed by atoms with Crippen LogP contribution in [0.2, 0.25) is 0 Å². The number of carbonyl (C=O) groups excluding carboxylic acids is 2. The maximum absolute atomic E-state index is 15.5. The molecular weight excluding hydrogens is 523 g/mol. The number of allylic oxidation sites excluding steroid dienone is 1. The van der Waals surface area contributed by atoms with Crippen LogP contribution in [-0.4, -0.2) is 56.3 Å². The SMILES string of the molecule is CC=Nc1cc(OCCOC)cc(F)c1C(Nc1ccc(NC(=O)CC(=O)N2CCC(C)(C)CC2)cc1)=C(C)CC. The van der Waals surface area contributed by atoms with Crippen molar-refractivity contribution in [1.29, 1.82) is 0 Å². The number of anilines is 2. The lowest BCUT2D eigenvalue weighted by molar-refractivity contribution is -0.136. The van der Waals surface area contributed by atoms with Crippen LogP contribution in [0.3, 0.4) is 0 Å². The zero-order valence-electron chi connectivity index (χ0n) is 25.1. The van der Waals surface area contributed by atoms with E-state index in [1.54, 1.807) is 55.5 Å². The van der Waals surface area contributed by atoms with Gasteiger partial charge in [0.2, 0.25) is 11.8 Å². The first kappa shape index (κ1) is 31.8. The highest BCUT2D eigenvalue weighted by atomic mass is 19.1. The fourth-order valence-corrected chi connectivity index (χ4v) is 4.54. The van der Waals surface area contributed by atoms with E-state index in [-0.39, 0.29) is 23.7 Å². The Balaban J connectivity index is 1.72. The number of nitrogens with zero attached hydrogens (tertiary/aromatic N) is 2. The van der Waals surface area contributed by atoms with E-state index < -0.39 is 5.82 Å². The number of carbonyl (C=O) groups is 2. The van der Waals surface area contributed by atoms with Crippen molar-refractivity contribution in [2.45, 2.75) is 60.3 Å². The van der Waals surface area contributed by atoms with Crippen molar-refractivity contribution in [3.05, 3.63) is 53.4 Å². The quantitative estimate of drug-likeness (QED) is 0.167. The minimum absolute atomic E-state index is 0.149. The second kappa shape index (κ2) is 14.8. The number of methoxy groups -OCH3 is 1. The van der Waals surface area contributed by atoms with E-state index in [0.717, 1.165) is 18.4 Å². The van der Waals surface area contributed by atoms with E-state index in [1.807, 2.05) is 13.8 Å². The highest BCUT2D eigenvalue weighted by Gasteiger charge is 2.28. The molecule has 0 radical (unpaired) electrons. The predicted molar refractivity (Wildman–Crippen MR) is 163 cm³/mol. The number of rotatable bonds is 12. The maximum Gasteiger partial charge on any atom is 0.233 e. The van der Waals surface area contributed by atoms with Gasteiger partial charge in [-0.2, -0.15) is 0 Å². The molecule has 0 atom stereocenters. The van der Waals surface area contributed by atoms with Gasteiger partial charge in [-0.15, -0.1) is 0 Å². The number of piperidine rings is 1. The molecule has 9 heteroatoms. The number of nitrogens with one attached hydrogen (secondary N) is 2. The van der Waals surface area contributed by atoms with Crippen molar-refractivity contribution in [3.8, 4) is 5.75 Å². The van der Waals surface area contributed by atoms with Gasteiger partial charge >= 0.3 is 0 Å². The number of benzene rings is 2. The first-order valence-corrected chi connectivity index (χ1v) is 14.2. The van der Waals surface area contributed by atoms with Gasteiger partial charge in [-0.3, -0.25) is 14.6 Å². The van der Waals surface area contributed by atoms with E-state index in [4.69, 9.17) is 9.47 Å². The van der Waals surface area contributed by atoms with Gasteiger partial charge in [0.15, 0.2) is 0 Å². The molecule has 2 aromatic carbocycles. The summed E-state index contributed by atoms with van der Waals surface area (Å²) in [4.78, 5) is 31.3. The summed E-state index contributed by atoms with van der Waals surface area (Å²) < 4.78 is 26.2. The summed E-state index contributed by atoms with van der Waals surface area (Å²) >= 11 is 0. The van der Waals surface area contributed by atoms with Crippen molar-refractivity contribution in [2.24, 2.45) is 10.4 Å². The molecule has 0 saturated carbocycles. The third-order valence-corrected chi connectivity index (χ3v) is 7.29. The second-order valence-corrected chi connectivity index (χ2v) is 11.0. The highest BCUT2D eigenvalue weighted by Crippen LogP contribution is 2.36. The van der Waals surface area contributed by atoms with E-state index >= 15 is 4.39 Å². The van der Waals surface area contributed by atoms with E-state index in [2.05, 4.69) is 29.5 Å². The molecule has 1 aliphatic heterocycles.